The molecular formula is C12H18O4. The molecule has 0 radical (unpaired) electrons. The number of carbonyl (C=O) groups excluding carboxylic acids is 1. The predicted molar refractivity (Wildman–Crippen MR) is 59.0 cm³/mol. The second-order valence-electron chi connectivity index (χ2n) is 4.22. The molecule has 1 aliphatic carbocycles. The molecule has 4 heteroatoms. The van der Waals surface area contributed by atoms with Gasteiger partial charge in [0.15, 0.2) is 0 Å². The maximum absolute atomic E-state index is 11.4. The Bertz CT molecular complexity index is 311. The number of hydrogen-bond acceptors (Lipinski definition) is 3. The molecule has 0 unspecified atom stereocenters. The first-order chi connectivity index (χ1) is 7.50. The van der Waals surface area contributed by atoms with E-state index in [1.54, 1.807) is 0 Å². The van der Waals surface area contributed by atoms with Crippen molar-refractivity contribution in [2.75, 3.05) is 0 Å². The predicted octanol–water partition coefficient (Wildman–Crippen LogP) is 2.28. The van der Waals surface area contributed by atoms with Gasteiger partial charge in [0.25, 0.3) is 0 Å². The van der Waals surface area contributed by atoms with E-state index in [1.165, 1.54) is 0 Å². The average Bonchev–Trinajstić information content (AvgIpc) is 2.64. The number of ether oxygens (including phenoxy) is 1. The van der Waals surface area contributed by atoms with Crippen LogP contribution in [-0.2, 0) is 14.3 Å². The van der Waals surface area contributed by atoms with Crippen molar-refractivity contribution >= 4 is 11.9 Å². The molecular weight excluding hydrogens is 208 g/mol. The van der Waals surface area contributed by atoms with Crippen molar-refractivity contribution in [1.82, 2.24) is 0 Å². The quantitative estimate of drug-likeness (QED) is 0.454. The number of esters is 1. The molecule has 1 saturated carbocycles. The number of hydrogen-bond donors (Lipinski definition) is 1. The maximum Gasteiger partial charge on any atom is 0.318 e. The van der Waals surface area contributed by atoms with Gasteiger partial charge in [0.05, 0.1) is 0 Å². The van der Waals surface area contributed by atoms with Crippen molar-refractivity contribution < 1.29 is 19.4 Å². The minimum absolute atomic E-state index is 0.540. The number of rotatable bonds is 4. The summed E-state index contributed by atoms with van der Waals surface area (Å²) >= 11 is 0. The molecule has 0 saturated heterocycles. The van der Waals surface area contributed by atoms with Gasteiger partial charge in [-0.2, -0.15) is 0 Å². The molecule has 1 fully saturated rings. The van der Waals surface area contributed by atoms with Crippen LogP contribution in [0.1, 0.15) is 46.0 Å². The van der Waals surface area contributed by atoms with Crippen molar-refractivity contribution in [3.63, 3.8) is 0 Å². The summed E-state index contributed by atoms with van der Waals surface area (Å²) < 4.78 is 5.37. The average molecular weight is 226 g/mol. The largest absolute Gasteiger partial charge is 0.481 e. The molecule has 0 aromatic rings. The first-order valence-corrected chi connectivity index (χ1v) is 5.57. The summed E-state index contributed by atoms with van der Waals surface area (Å²) in [5.41, 5.74) is 0.477. The molecule has 0 bridgehead atoms. The first kappa shape index (κ1) is 12.7. The second-order valence-corrected chi connectivity index (χ2v) is 4.22. The molecule has 0 heterocycles. The van der Waals surface area contributed by atoms with Crippen LogP contribution in [0.2, 0.25) is 0 Å². The van der Waals surface area contributed by atoms with Gasteiger partial charge in [0, 0.05) is 0 Å². The van der Waals surface area contributed by atoms with E-state index in [1.807, 2.05) is 19.9 Å². The fraction of sp³-hybridized carbons (Fsp3) is 0.667. The molecule has 0 aromatic heterocycles. The number of aliphatic carboxylic acids is 1. The lowest BCUT2D eigenvalue weighted by atomic mass is 9.92. The fourth-order valence-electron chi connectivity index (χ4n) is 2.16. The number of carboxylic acid groups (broad SMARTS) is 1. The molecule has 0 spiro atoms. The lowest BCUT2D eigenvalue weighted by Crippen LogP contribution is -2.34. The molecule has 90 valence electrons. The Labute approximate surface area is 95.3 Å². The van der Waals surface area contributed by atoms with E-state index in [0.717, 1.165) is 31.3 Å². The lowest BCUT2D eigenvalue weighted by molar-refractivity contribution is -0.160. The minimum Gasteiger partial charge on any atom is -0.481 e. The zero-order chi connectivity index (χ0) is 12.2. The smallest absolute Gasteiger partial charge is 0.318 e. The molecule has 1 N–H and O–H groups in total. The van der Waals surface area contributed by atoms with E-state index < -0.39 is 24.0 Å². The van der Waals surface area contributed by atoms with Crippen molar-refractivity contribution in [2.24, 2.45) is 0 Å². The molecule has 4 nitrogen and oxygen atoms in total. The number of carboxylic acids is 1. The van der Waals surface area contributed by atoms with Crippen LogP contribution >= 0.6 is 0 Å². The fourth-order valence-corrected chi connectivity index (χ4v) is 2.16. The van der Waals surface area contributed by atoms with Crippen molar-refractivity contribution in [3.05, 3.63) is 11.6 Å². The third-order valence-corrected chi connectivity index (χ3v) is 3.17. The lowest BCUT2D eigenvalue weighted by Gasteiger charge is -2.30. The molecule has 0 amide bonds. The van der Waals surface area contributed by atoms with E-state index in [-0.39, 0.29) is 0 Å². The Morgan fingerprint density at radius 1 is 1.38 bits per heavy atom. The van der Waals surface area contributed by atoms with Crippen LogP contribution in [0.5, 0.6) is 0 Å². The molecule has 16 heavy (non-hydrogen) atoms. The van der Waals surface area contributed by atoms with Gasteiger partial charge in [-0.25, -0.2) is 0 Å². The number of allylic oxidation sites excluding steroid dienone is 1. The third kappa shape index (κ3) is 2.84. The van der Waals surface area contributed by atoms with Crippen LogP contribution in [0.3, 0.4) is 0 Å². The maximum atomic E-state index is 11.4. The standard InChI is InChI=1S/C12H18O4/c1-3-9(2)12(6-4-5-7-12)16-11(15)8-10(13)14/h3H,4-8H2,1-2H3,(H,13,14)/b9-3+. The summed E-state index contributed by atoms with van der Waals surface area (Å²) in [5, 5.41) is 8.52. The van der Waals surface area contributed by atoms with E-state index in [4.69, 9.17) is 9.84 Å². The van der Waals surface area contributed by atoms with Crippen LogP contribution in [0.4, 0.5) is 0 Å². The molecule has 0 atom stereocenters. The van der Waals surface area contributed by atoms with Crippen molar-refractivity contribution in [1.29, 1.82) is 0 Å². The highest BCUT2D eigenvalue weighted by molar-refractivity contribution is 5.90. The van der Waals surface area contributed by atoms with Crippen LogP contribution in [0.25, 0.3) is 0 Å². The second kappa shape index (κ2) is 5.14. The molecule has 1 rings (SSSR count). The first-order valence-electron chi connectivity index (χ1n) is 5.57. The van der Waals surface area contributed by atoms with Gasteiger partial charge in [0.2, 0.25) is 0 Å². The van der Waals surface area contributed by atoms with Crippen LogP contribution in [-0.4, -0.2) is 22.6 Å². The van der Waals surface area contributed by atoms with Crippen LogP contribution in [0, 0.1) is 0 Å². The SMILES string of the molecule is C/C=C(\C)C1(OC(=O)CC(=O)O)CCCC1. The van der Waals surface area contributed by atoms with Gasteiger partial charge in [-0.15, -0.1) is 0 Å². The summed E-state index contributed by atoms with van der Waals surface area (Å²) in [4.78, 5) is 21.8. The summed E-state index contributed by atoms with van der Waals surface area (Å²) in [5.74, 6) is -1.79. The zero-order valence-corrected chi connectivity index (χ0v) is 9.78. The Morgan fingerprint density at radius 3 is 2.38 bits per heavy atom. The highest BCUT2D eigenvalue weighted by atomic mass is 16.6. The Kier molecular flexibility index (Phi) is 4.10. The normalized spacial score (nSPS) is 19.5. The molecule has 1 aliphatic rings. The Hall–Kier alpha value is -1.32. The van der Waals surface area contributed by atoms with Gasteiger partial charge in [-0.3, -0.25) is 9.59 Å². The van der Waals surface area contributed by atoms with Crippen LogP contribution < -0.4 is 0 Å². The topological polar surface area (TPSA) is 63.6 Å². The van der Waals surface area contributed by atoms with Gasteiger partial charge in [0.1, 0.15) is 12.0 Å². The number of carbonyl (C=O) groups is 2. The highest BCUT2D eigenvalue weighted by Crippen LogP contribution is 2.39. The Balaban J connectivity index is 2.72. The van der Waals surface area contributed by atoms with Crippen molar-refractivity contribution in [3.8, 4) is 0 Å². The van der Waals surface area contributed by atoms with Gasteiger partial charge >= 0.3 is 11.9 Å². The van der Waals surface area contributed by atoms with Gasteiger partial charge in [-0.05, 0) is 45.1 Å². The van der Waals surface area contributed by atoms with Gasteiger partial charge in [-0.1, -0.05) is 6.08 Å². The minimum atomic E-state index is -1.14. The van der Waals surface area contributed by atoms with Gasteiger partial charge < -0.3 is 9.84 Å². The third-order valence-electron chi connectivity index (χ3n) is 3.17. The molecule has 0 aromatic carbocycles. The van der Waals surface area contributed by atoms with E-state index >= 15 is 0 Å². The summed E-state index contributed by atoms with van der Waals surface area (Å²) in [6.07, 6.45) is 5.01. The van der Waals surface area contributed by atoms with E-state index in [9.17, 15) is 9.59 Å². The Morgan fingerprint density at radius 2 is 1.94 bits per heavy atom. The van der Waals surface area contributed by atoms with Crippen LogP contribution in [0.15, 0.2) is 11.6 Å². The van der Waals surface area contributed by atoms with E-state index in [0.29, 0.717) is 0 Å². The zero-order valence-electron chi connectivity index (χ0n) is 9.78. The van der Waals surface area contributed by atoms with Crippen molar-refractivity contribution in [2.45, 2.75) is 51.6 Å². The summed E-state index contributed by atoms with van der Waals surface area (Å²) in [7, 11) is 0. The summed E-state index contributed by atoms with van der Waals surface area (Å²) in [6.45, 7) is 3.83. The monoisotopic (exact) mass is 226 g/mol. The van der Waals surface area contributed by atoms with E-state index in [2.05, 4.69) is 0 Å². The summed E-state index contributed by atoms with van der Waals surface area (Å²) in [6, 6.07) is 0. The molecule has 0 aliphatic heterocycles. The highest BCUT2D eigenvalue weighted by Gasteiger charge is 2.39.